The van der Waals surface area contributed by atoms with Crippen LogP contribution in [-0.2, 0) is 11.3 Å². The predicted molar refractivity (Wildman–Crippen MR) is 130 cm³/mol. The van der Waals surface area contributed by atoms with Crippen LogP contribution in [0.3, 0.4) is 0 Å². The van der Waals surface area contributed by atoms with Crippen LogP contribution in [0.1, 0.15) is 30.4 Å². The van der Waals surface area contributed by atoms with Crippen molar-refractivity contribution < 1.29 is 4.79 Å². The highest BCUT2D eigenvalue weighted by Crippen LogP contribution is 2.26. The van der Waals surface area contributed by atoms with Crippen LogP contribution >= 0.6 is 24.0 Å². The lowest BCUT2D eigenvalue weighted by atomic mass is 9.99. The molecule has 0 aromatic heterocycles. The zero-order valence-electron chi connectivity index (χ0n) is 17.3. The number of likely N-dealkylation sites (tertiary alicyclic amines) is 1. The number of halogens is 1. The summed E-state index contributed by atoms with van der Waals surface area (Å²) >= 11 is 0. The van der Waals surface area contributed by atoms with E-state index in [9.17, 15) is 4.79 Å². The summed E-state index contributed by atoms with van der Waals surface area (Å²) in [7, 11) is 1.78. The van der Waals surface area contributed by atoms with Gasteiger partial charge >= 0.3 is 0 Å². The lowest BCUT2D eigenvalue weighted by Gasteiger charge is -2.25. The highest BCUT2D eigenvalue weighted by Gasteiger charge is 2.26. The van der Waals surface area contributed by atoms with Crippen LogP contribution in [0.5, 0.6) is 0 Å². The molecule has 0 spiro atoms. The summed E-state index contributed by atoms with van der Waals surface area (Å²) in [5, 5.41) is 3.27. The largest absolute Gasteiger partial charge is 0.347 e. The lowest BCUT2D eigenvalue weighted by molar-refractivity contribution is -0.130. The Morgan fingerprint density at radius 2 is 1.79 bits per heavy atom. The number of likely N-dealkylation sites (N-methyl/N-ethyl adjacent to an activating group) is 1. The van der Waals surface area contributed by atoms with E-state index in [1.165, 1.54) is 5.56 Å². The van der Waals surface area contributed by atoms with Crippen molar-refractivity contribution in [2.45, 2.75) is 25.8 Å². The fourth-order valence-electron chi connectivity index (χ4n) is 3.73. The Hall–Kier alpha value is -2.09. The summed E-state index contributed by atoms with van der Waals surface area (Å²) in [6, 6.07) is 20.7. The van der Waals surface area contributed by atoms with Gasteiger partial charge in [0, 0.05) is 39.1 Å². The zero-order chi connectivity index (χ0) is 19.8. The molecule has 1 aliphatic heterocycles. The maximum absolute atomic E-state index is 12.7. The molecule has 1 amide bonds. The van der Waals surface area contributed by atoms with E-state index in [2.05, 4.69) is 57.7 Å². The number of rotatable bonds is 6. The molecule has 3 rings (SSSR count). The van der Waals surface area contributed by atoms with E-state index >= 15 is 0 Å². The fraction of sp³-hybridized carbons (Fsp3) is 0.391. The number of guanidine groups is 1. The Kier molecular flexibility index (Phi) is 9.44. The van der Waals surface area contributed by atoms with Crippen LogP contribution in [0.4, 0.5) is 0 Å². The molecule has 1 heterocycles. The van der Waals surface area contributed by atoms with Crippen LogP contribution in [0.15, 0.2) is 65.7 Å². The number of carbonyl (C=O) groups is 1. The molecular formula is C23H31IN4O. The summed E-state index contributed by atoms with van der Waals surface area (Å²) in [5.41, 5.74) is 2.52. The molecule has 2 aromatic rings. The van der Waals surface area contributed by atoms with Gasteiger partial charge in [-0.3, -0.25) is 9.79 Å². The molecular weight excluding hydrogens is 475 g/mol. The van der Waals surface area contributed by atoms with Crippen molar-refractivity contribution >= 4 is 35.8 Å². The number of nitrogens with zero attached hydrogens (tertiary/aromatic N) is 3. The predicted octanol–water partition coefficient (Wildman–Crippen LogP) is 3.72. The molecule has 2 aromatic carbocycles. The molecule has 0 radical (unpaired) electrons. The van der Waals surface area contributed by atoms with Crippen LogP contribution in [0.25, 0.3) is 0 Å². The van der Waals surface area contributed by atoms with Gasteiger partial charge < -0.3 is 15.1 Å². The number of benzene rings is 2. The Morgan fingerprint density at radius 1 is 1.14 bits per heavy atom. The van der Waals surface area contributed by atoms with Gasteiger partial charge in [0.05, 0.1) is 6.54 Å². The zero-order valence-corrected chi connectivity index (χ0v) is 19.6. The lowest BCUT2D eigenvalue weighted by Crippen LogP contribution is -2.45. The topological polar surface area (TPSA) is 47.9 Å². The molecule has 156 valence electrons. The van der Waals surface area contributed by atoms with Gasteiger partial charge in [0.15, 0.2) is 5.96 Å². The number of nitrogens with one attached hydrogen (secondary N) is 1. The first kappa shape index (κ1) is 23.2. The van der Waals surface area contributed by atoms with Crippen LogP contribution in [-0.4, -0.2) is 54.9 Å². The summed E-state index contributed by atoms with van der Waals surface area (Å²) in [4.78, 5) is 21.2. The maximum Gasteiger partial charge on any atom is 0.242 e. The van der Waals surface area contributed by atoms with Crippen LogP contribution < -0.4 is 5.32 Å². The number of carbonyl (C=O) groups excluding carboxylic acids is 1. The van der Waals surface area contributed by atoms with E-state index in [1.54, 1.807) is 7.05 Å². The minimum Gasteiger partial charge on any atom is -0.347 e. The average molecular weight is 506 g/mol. The van der Waals surface area contributed by atoms with Gasteiger partial charge in [-0.05, 0) is 24.5 Å². The van der Waals surface area contributed by atoms with Gasteiger partial charge in [-0.2, -0.15) is 0 Å². The molecule has 1 unspecified atom stereocenters. The normalized spacial score (nSPS) is 16.3. The third-order valence-corrected chi connectivity index (χ3v) is 5.32. The van der Waals surface area contributed by atoms with E-state index in [0.29, 0.717) is 19.0 Å². The molecule has 29 heavy (non-hydrogen) atoms. The highest BCUT2D eigenvalue weighted by atomic mass is 127. The second kappa shape index (κ2) is 11.8. The molecule has 0 saturated carbocycles. The van der Waals surface area contributed by atoms with Gasteiger partial charge in [-0.1, -0.05) is 60.7 Å². The third kappa shape index (κ3) is 6.45. The van der Waals surface area contributed by atoms with E-state index in [0.717, 1.165) is 31.0 Å². The third-order valence-electron chi connectivity index (χ3n) is 5.32. The molecule has 1 N–H and O–H groups in total. The summed E-state index contributed by atoms with van der Waals surface area (Å²) < 4.78 is 0. The van der Waals surface area contributed by atoms with Crippen molar-refractivity contribution in [2.24, 2.45) is 4.99 Å². The minimum atomic E-state index is 0. The van der Waals surface area contributed by atoms with Crippen molar-refractivity contribution in [3.63, 3.8) is 0 Å². The number of aliphatic imine (C=N–C) groups is 1. The first-order chi connectivity index (χ1) is 13.7. The number of hydrogen-bond acceptors (Lipinski definition) is 2. The van der Waals surface area contributed by atoms with Gasteiger partial charge in [0.1, 0.15) is 0 Å². The van der Waals surface area contributed by atoms with Crippen LogP contribution in [0, 0.1) is 0 Å². The van der Waals surface area contributed by atoms with E-state index in [-0.39, 0.29) is 36.4 Å². The summed E-state index contributed by atoms with van der Waals surface area (Å²) in [6.45, 7) is 5.48. The van der Waals surface area contributed by atoms with Crippen LogP contribution in [0.2, 0.25) is 0 Å². The number of hydrogen-bond donors (Lipinski definition) is 1. The molecule has 6 heteroatoms. The number of amides is 1. The fourth-order valence-corrected chi connectivity index (χ4v) is 3.73. The van der Waals surface area contributed by atoms with E-state index in [4.69, 9.17) is 0 Å². The van der Waals surface area contributed by atoms with Gasteiger partial charge in [-0.15, -0.1) is 24.0 Å². The summed E-state index contributed by atoms with van der Waals surface area (Å²) in [5.74, 6) is 1.41. The molecule has 1 aliphatic rings. The van der Waals surface area contributed by atoms with Gasteiger partial charge in [0.2, 0.25) is 5.91 Å². The molecule has 0 aliphatic carbocycles. The second-order valence-corrected chi connectivity index (χ2v) is 7.14. The van der Waals surface area contributed by atoms with E-state index < -0.39 is 0 Å². The molecule has 5 nitrogen and oxygen atoms in total. The average Bonchev–Trinajstić information content (AvgIpc) is 3.24. The van der Waals surface area contributed by atoms with Crippen molar-refractivity contribution in [1.29, 1.82) is 0 Å². The first-order valence-corrected chi connectivity index (χ1v) is 10.0. The Bertz CT molecular complexity index is 782. The maximum atomic E-state index is 12.7. The molecule has 1 saturated heterocycles. The Labute approximate surface area is 191 Å². The monoisotopic (exact) mass is 506 g/mol. The highest BCUT2D eigenvalue weighted by molar-refractivity contribution is 14.0. The molecule has 0 bridgehead atoms. The standard InChI is InChI=1S/C23H30N4O.HI/c1-3-26(17-19-10-6-4-7-11-19)22(28)16-25-23(24-2)27-15-14-21(18-27)20-12-8-5-9-13-20;/h4-13,21H,3,14-18H2,1-2H3,(H,24,25);1H. The van der Waals surface area contributed by atoms with Crippen molar-refractivity contribution in [2.75, 3.05) is 33.2 Å². The Balaban J connectivity index is 0.00000300. The van der Waals surface area contributed by atoms with E-state index in [1.807, 2.05) is 30.0 Å². The summed E-state index contributed by atoms with van der Waals surface area (Å²) in [6.07, 6.45) is 1.10. The minimum absolute atomic E-state index is 0. The van der Waals surface area contributed by atoms with Crippen molar-refractivity contribution in [3.05, 3.63) is 71.8 Å². The quantitative estimate of drug-likeness (QED) is 0.369. The second-order valence-electron chi connectivity index (χ2n) is 7.14. The van der Waals surface area contributed by atoms with Crippen molar-refractivity contribution in [1.82, 2.24) is 15.1 Å². The van der Waals surface area contributed by atoms with Crippen molar-refractivity contribution in [3.8, 4) is 0 Å². The Morgan fingerprint density at radius 3 is 2.41 bits per heavy atom. The smallest absolute Gasteiger partial charge is 0.242 e. The molecule has 1 atom stereocenters. The SMILES string of the molecule is CCN(Cc1ccccc1)C(=O)CNC(=NC)N1CCC(c2ccccc2)C1.I. The molecule has 1 fully saturated rings. The first-order valence-electron chi connectivity index (χ1n) is 10.0. The van der Waals surface area contributed by atoms with Gasteiger partial charge in [-0.25, -0.2) is 0 Å². The van der Waals surface area contributed by atoms with Gasteiger partial charge in [0.25, 0.3) is 0 Å².